The third kappa shape index (κ3) is 4.98. The van der Waals surface area contributed by atoms with Crippen molar-refractivity contribution in [2.45, 2.75) is 33.6 Å². The van der Waals surface area contributed by atoms with Crippen molar-refractivity contribution in [1.29, 1.82) is 0 Å². The number of anilines is 1. The van der Waals surface area contributed by atoms with Crippen LogP contribution in [-0.2, 0) is 14.3 Å². The molecule has 0 aliphatic carbocycles. The van der Waals surface area contributed by atoms with Crippen LogP contribution < -0.4 is 5.32 Å². The number of hydrogen-bond acceptors (Lipinski definition) is 5. The molecular weight excluding hydrogens is 356 g/mol. The van der Waals surface area contributed by atoms with E-state index in [9.17, 15) is 9.59 Å². The highest BCUT2D eigenvalue weighted by Crippen LogP contribution is 2.20. The number of nitrogens with one attached hydrogen (secondary N) is 1. The molecule has 0 spiro atoms. The summed E-state index contributed by atoms with van der Waals surface area (Å²) in [5, 5.41) is 7.47. The van der Waals surface area contributed by atoms with E-state index in [-0.39, 0.29) is 17.8 Å². The number of aryl methyl sites for hydroxylation is 2. The van der Waals surface area contributed by atoms with E-state index >= 15 is 0 Å². The van der Waals surface area contributed by atoms with E-state index in [0.717, 1.165) is 24.2 Å². The Balaban J connectivity index is 1.57. The lowest BCUT2D eigenvalue weighted by molar-refractivity contribution is -0.149. The van der Waals surface area contributed by atoms with Crippen LogP contribution in [0.4, 0.5) is 5.82 Å². The Kier molecular flexibility index (Phi) is 6.46. The number of likely N-dealkylation sites (tertiary alicyclic amines) is 1. The fraction of sp³-hybridized carbons (Fsp3) is 0.476. The maximum Gasteiger partial charge on any atom is 0.309 e. The van der Waals surface area contributed by atoms with Gasteiger partial charge in [-0.2, -0.15) is 5.10 Å². The summed E-state index contributed by atoms with van der Waals surface area (Å²) in [5.41, 5.74) is 2.92. The molecule has 28 heavy (non-hydrogen) atoms. The van der Waals surface area contributed by atoms with Crippen LogP contribution in [0, 0.1) is 19.8 Å². The van der Waals surface area contributed by atoms with Crippen molar-refractivity contribution in [2.24, 2.45) is 5.92 Å². The lowest BCUT2D eigenvalue weighted by atomic mass is 9.97. The Hall–Kier alpha value is -2.67. The molecule has 0 saturated carbocycles. The third-order valence-electron chi connectivity index (χ3n) is 4.95. The van der Waals surface area contributed by atoms with Gasteiger partial charge in [0.2, 0.25) is 5.91 Å². The van der Waals surface area contributed by atoms with Gasteiger partial charge in [0.15, 0.2) is 0 Å². The predicted octanol–water partition coefficient (Wildman–Crippen LogP) is 2.70. The average Bonchev–Trinajstić information content (AvgIpc) is 3.03. The number of piperidine rings is 1. The average molecular weight is 384 g/mol. The molecule has 0 radical (unpaired) electrons. The molecule has 1 aromatic carbocycles. The molecule has 1 fully saturated rings. The highest BCUT2D eigenvalue weighted by Gasteiger charge is 2.27. The number of aromatic nitrogens is 2. The number of esters is 1. The lowest BCUT2D eigenvalue weighted by Gasteiger charge is -2.30. The summed E-state index contributed by atoms with van der Waals surface area (Å²) < 4.78 is 6.84. The molecule has 1 aliphatic rings. The summed E-state index contributed by atoms with van der Waals surface area (Å²) in [7, 11) is 0. The SMILES string of the molecule is CCOC(=O)C1CCN(CC(=O)Nc2cc(C)nn2-c2ccc(C)cc2)CC1. The van der Waals surface area contributed by atoms with Gasteiger partial charge in [0.25, 0.3) is 0 Å². The normalized spacial score (nSPS) is 15.4. The standard InChI is InChI=1S/C21H28N4O3/c1-4-28-21(27)17-9-11-24(12-10-17)14-20(26)22-19-13-16(3)23-25(19)18-7-5-15(2)6-8-18/h5-8,13,17H,4,9-12,14H2,1-3H3,(H,22,26). The second kappa shape index (κ2) is 9.01. The highest BCUT2D eigenvalue weighted by atomic mass is 16.5. The molecule has 2 aromatic rings. The van der Waals surface area contributed by atoms with Crippen LogP contribution in [0.3, 0.4) is 0 Å². The summed E-state index contributed by atoms with van der Waals surface area (Å²) in [6.45, 7) is 7.90. The molecule has 0 unspecified atom stereocenters. The summed E-state index contributed by atoms with van der Waals surface area (Å²) in [6.07, 6.45) is 1.46. The van der Waals surface area contributed by atoms with Crippen molar-refractivity contribution in [3.63, 3.8) is 0 Å². The van der Waals surface area contributed by atoms with E-state index in [2.05, 4.69) is 15.3 Å². The molecule has 1 saturated heterocycles. The van der Waals surface area contributed by atoms with Gasteiger partial charge in [0.1, 0.15) is 5.82 Å². The van der Waals surface area contributed by atoms with Gasteiger partial charge in [-0.25, -0.2) is 4.68 Å². The molecule has 150 valence electrons. The third-order valence-corrected chi connectivity index (χ3v) is 4.95. The zero-order chi connectivity index (χ0) is 20.1. The minimum atomic E-state index is -0.121. The minimum absolute atomic E-state index is 0.0510. The molecule has 2 heterocycles. The second-order valence-corrected chi connectivity index (χ2v) is 7.27. The number of ether oxygens (including phenoxy) is 1. The Labute approximate surface area is 165 Å². The molecule has 1 aliphatic heterocycles. The van der Waals surface area contributed by atoms with Gasteiger partial charge in [-0.1, -0.05) is 17.7 Å². The van der Waals surface area contributed by atoms with E-state index in [4.69, 9.17) is 4.74 Å². The Morgan fingerprint density at radius 1 is 1.18 bits per heavy atom. The molecule has 7 heteroatoms. The van der Waals surface area contributed by atoms with Crippen molar-refractivity contribution < 1.29 is 14.3 Å². The maximum absolute atomic E-state index is 12.6. The lowest BCUT2D eigenvalue weighted by Crippen LogP contribution is -2.41. The van der Waals surface area contributed by atoms with Crippen LogP contribution in [0.25, 0.3) is 5.69 Å². The van der Waals surface area contributed by atoms with Crippen LogP contribution in [0.2, 0.25) is 0 Å². The molecule has 1 aromatic heterocycles. The van der Waals surface area contributed by atoms with Crippen molar-refractivity contribution in [3.8, 4) is 5.69 Å². The number of amides is 1. The molecule has 7 nitrogen and oxygen atoms in total. The first-order valence-corrected chi connectivity index (χ1v) is 9.79. The Morgan fingerprint density at radius 3 is 2.50 bits per heavy atom. The fourth-order valence-corrected chi connectivity index (χ4v) is 3.44. The molecule has 1 amide bonds. The van der Waals surface area contributed by atoms with E-state index in [1.807, 2.05) is 51.1 Å². The predicted molar refractivity (Wildman–Crippen MR) is 107 cm³/mol. The van der Waals surface area contributed by atoms with Crippen molar-refractivity contribution in [2.75, 3.05) is 31.6 Å². The minimum Gasteiger partial charge on any atom is -0.466 e. The van der Waals surface area contributed by atoms with Crippen LogP contribution in [0.5, 0.6) is 0 Å². The van der Waals surface area contributed by atoms with Gasteiger partial charge in [0, 0.05) is 6.07 Å². The number of benzene rings is 1. The molecule has 0 bridgehead atoms. The van der Waals surface area contributed by atoms with E-state index in [1.165, 1.54) is 5.56 Å². The molecule has 1 N–H and O–H groups in total. The molecular formula is C21H28N4O3. The second-order valence-electron chi connectivity index (χ2n) is 7.27. The quantitative estimate of drug-likeness (QED) is 0.775. The van der Waals surface area contributed by atoms with Gasteiger partial charge in [-0.05, 0) is 58.8 Å². The largest absolute Gasteiger partial charge is 0.466 e. The van der Waals surface area contributed by atoms with Gasteiger partial charge < -0.3 is 10.1 Å². The first kappa shape index (κ1) is 20.1. The van der Waals surface area contributed by atoms with E-state index in [1.54, 1.807) is 4.68 Å². The first-order chi connectivity index (χ1) is 13.5. The van der Waals surface area contributed by atoms with Gasteiger partial charge >= 0.3 is 5.97 Å². The summed E-state index contributed by atoms with van der Waals surface area (Å²) in [4.78, 5) is 26.5. The molecule has 3 rings (SSSR count). The van der Waals surface area contributed by atoms with Crippen LogP contribution >= 0.6 is 0 Å². The zero-order valence-corrected chi connectivity index (χ0v) is 16.8. The van der Waals surface area contributed by atoms with Crippen molar-refractivity contribution >= 4 is 17.7 Å². The summed E-state index contributed by atoms with van der Waals surface area (Å²) in [5.74, 6) is 0.407. The Bertz CT molecular complexity index is 821. The smallest absolute Gasteiger partial charge is 0.309 e. The number of nitrogens with zero attached hydrogens (tertiary/aromatic N) is 3. The topological polar surface area (TPSA) is 76.5 Å². The maximum atomic E-state index is 12.6. The van der Waals surface area contributed by atoms with Crippen LogP contribution in [0.15, 0.2) is 30.3 Å². The number of hydrogen-bond donors (Lipinski definition) is 1. The first-order valence-electron chi connectivity index (χ1n) is 9.79. The van der Waals surface area contributed by atoms with Crippen LogP contribution in [-0.4, -0.2) is 52.8 Å². The van der Waals surface area contributed by atoms with Crippen molar-refractivity contribution in [1.82, 2.24) is 14.7 Å². The number of rotatable bonds is 6. The summed E-state index contributed by atoms with van der Waals surface area (Å²) in [6, 6.07) is 9.87. The van der Waals surface area contributed by atoms with Gasteiger partial charge in [-0.3, -0.25) is 14.5 Å². The van der Waals surface area contributed by atoms with E-state index < -0.39 is 0 Å². The van der Waals surface area contributed by atoms with Crippen LogP contribution in [0.1, 0.15) is 31.0 Å². The zero-order valence-electron chi connectivity index (χ0n) is 16.8. The highest BCUT2D eigenvalue weighted by molar-refractivity contribution is 5.91. The van der Waals surface area contributed by atoms with Gasteiger partial charge in [-0.15, -0.1) is 0 Å². The molecule has 0 atom stereocenters. The van der Waals surface area contributed by atoms with Crippen molar-refractivity contribution in [3.05, 3.63) is 41.6 Å². The fourth-order valence-electron chi connectivity index (χ4n) is 3.44. The number of carbonyl (C=O) groups is 2. The van der Waals surface area contributed by atoms with Gasteiger partial charge in [0.05, 0.1) is 30.5 Å². The monoisotopic (exact) mass is 384 g/mol. The number of carbonyl (C=O) groups excluding carboxylic acids is 2. The Morgan fingerprint density at radius 2 is 1.86 bits per heavy atom. The summed E-state index contributed by atoms with van der Waals surface area (Å²) >= 11 is 0. The van der Waals surface area contributed by atoms with E-state index in [0.29, 0.717) is 32.1 Å².